The van der Waals surface area contributed by atoms with E-state index in [2.05, 4.69) is 125 Å². The fourth-order valence-electron chi connectivity index (χ4n) is 3.33. The van der Waals surface area contributed by atoms with Gasteiger partial charge in [0.05, 0.1) is 0 Å². The molecule has 0 unspecified atom stereocenters. The summed E-state index contributed by atoms with van der Waals surface area (Å²) in [6, 6.07) is 27.6. The molecule has 0 saturated carbocycles. The summed E-state index contributed by atoms with van der Waals surface area (Å²) in [6.07, 6.45) is 14.7. The number of pyridine rings is 2. The minimum absolute atomic E-state index is 0.863. The van der Waals surface area contributed by atoms with Crippen molar-refractivity contribution in [3.63, 3.8) is 0 Å². The molecule has 30 heavy (non-hydrogen) atoms. The summed E-state index contributed by atoms with van der Waals surface area (Å²) in [5, 5.41) is 0. The van der Waals surface area contributed by atoms with Crippen LogP contribution in [0.5, 0.6) is 0 Å². The molecule has 0 atom stereocenters. The minimum atomic E-state index is 0.863. The molecule has 2 heteroatoms. The van der Waals surface area contributed by atoms with E-state index in [1.165, 1.54) is 22.3 Å². The molecule has 0 radical (unpaired) electrons. The second-order valence-electron chi connectivity index (χ2n) is 7.37. The molecule has 146 valence electrons. The lowest BCUT2D eigenvalue weighted by atomic mass is 10.1. The van der Waals surface area contributed by atoms with E-state index >= 15 is 0 Å². The lowest BCUT2D eigenvalue weighted by Gasteiger charge is -2.00. The molecule has 0 bridgehead atoms. The van der Waals surface area contributed by atoms with Crippen LogP contribution in [-0.4, -0.2) is 0 Å². The first kappa shape index (κ1) is 19.5. The zero-order valence-electron chi connectivity index (χ0n) is 17.1. The average Bonchev–Trinajstić information content (AvgIpc) is 2.81. The highest BCUT2D eigenvalue weighted by molar-refractivity contribution is 5.68. The van der Waals surface area contributed by atoms with Crippen molar-refractivity contribution in [1.82, 2.24) is 0 Å². The van der Waals surface area contributed by atoms with Crippen LogP contribution >= 0.6 is 0 Å². The monoisotopic (exact) mass is 390 g/mol. The number of nitrogens with zero attached hydrogens (tertiary/aromatic N) is 2. The summed E-state index contributed by atoms with van der Waals surface area (Å²) in [7, 11) is 0. The largest absolute Gasteiger partial charge is 0.201 e. The number of hydrogen-bond donors (Lipinski definition) is 0. The smallest absolute Gasteiger partial charge is 0.173 e. The highest BCUT2D eigenvalue weighted by atomic mass is 14.9. The maximum Gasteiger partial charge on any atom is 0.173 e. The van der Waals surface area contributed by atoms with Crippen LogP contribution in [0.4, 0.5) is 0 Å². The Morgan fingerprint density at radius 3 is 1.47 bits per heavy atom. The molecule has 4 aromatic rings. The van der Waals surface area contributed by atoms with Gasteiger partial charge in [0.15, 0.2) is 37.9 Å². The molecular formula is C28H26N2+2. The van der Waals surface area contributed by atoms with Crippen molar-refractivity contribution in [2.45, 2.75) is 13.1 Å². The highest BCUT2D eigenvalue weighted by Gasteiger charge is 2.03. The van der Waals surface area contributed by atoms with Gasteiger partial charge >= 0.3 is 0 Å². The Hall–Kier alpha value is -3.78. The van der Waals surface area contributed by atoms with Gasteiger partial charge in [-0.3, -0.25) is 0 Å². The minimum Gasteiger partial charge on any atom is -0.201 e. The SMILES string of the molecule is C=Cc1ccc(C[n+]2ccc(C=Cc3cc[n+](Cc4ccccc4)cc3)cc2)cc1. The van der Waals surface area contributed by atoms with Crippen molar-refractivity contribution in [1.29, 1.82) is 0 Å². The van der Waals surface area contributed by atoms with Crippen LogP contribution < -0.4 is 9.13 Å². The van der Waals surface area contributed by atoms with Crippen LogP contribution in [0.15, 0.2) is 110 Å². The lowest BCUT2D eigenvalue weighted by molar-refractivity contribution is -0.688. The molecule has 2 nitrogen and oxygen atoms in total. The molecule has 0 aliphatic heterocycles. The van der Waals surface area contributed by atoms with Gasteiger partial charge in [0, 0.05) is 35.4 Å². The summed E-state index contributed by atoms with van der Waals surface area (Å²) in [5.74, 6) is 0. The Kier molecular flexibility index (Phi) is 6.26. The molecule has 0 aliphatic carbocycles. The standard InChI is InChI=1S/C28H26N2/c1-2-24-8-12-28(13-9-24)23-30-20-16-26(17-21-30)11-10-25-14-18-29(19-15-25)22-27-6-4-3-5-7-27/h2-21H,1,22-23H2/q+2. The van der Waals surface area contributed by atoms with Crippen LogP contribution in [-0.2, 0) is 13.1 Å². The van der Waals surface area contributed by atoms with E-state index in [0.29, 0.717) is 0 Å². The lowest BCUT2D eigenvalue weighted by Crippen LogP contribution is -2.33. The van der Waals surface area contributed by atoms with Crippen LogP contribution in [0.1, 0.15) is 27.8 Å². The van der Waals surface area contributed by atoms with Gasteiger partial charge < -0.3 is 0 Å². The van der Waals surface area contributed by atoms with E-state index in [1.54, 1.807) is 0 Å². The van der Waals surface area contributed by atoms with E-state index in [4.69, 9.17) is 0 Å². The molecule has 2 heterocycles. The quantitative estimate of drug-likeness (QED) is 0.385. The molecular weight excluding hydrogens is 364 g/mol. The van der Waals surface area contributed by atoms with Gasteiger partial charge in [0.25, 0.3) is 0 Å². The summed E-state index contributed by atoms with van der Waals surface area (Å²) in [5.41, 5.74) is 6.12. The zero-order chi connectivity index (χ0) is 20.6. The van der Waals surface area contributed by atoms with Gasteiger partial charge in [-0.1, -0.05) is 79.4 Å². The first-order valence-corrected chi connectivity index (χ1v) is 10.2. The average molecular weight is 391 g/mol. The van der Waals surface area contributed by atoms with Crippen LogP contribution in [0, 0.1) is 0 Å². The maximum absolute atomic E-state index is 3.80. The molecule has 0 amide bonds. The second kappa shape index (κ2) is 9.62. The fraction of sp³-hybridized carbons (Fsp3) is 0.0714. The molecule has 0 N–H and O–H groups in total. The third-order valence-corrected chi connectivity index (χ3v) is 5.09. The second-order valence-corrected chi connectivity index (χ2v) is 7.37. The van der Waals surface area contributed by atoms with Crippen LogP contribution in [0.25, 0.3) is 18.2 Å². The van der Waals surface area contributed by atoms with Gasteiger partial charge in [-0.2, -0.15) is 0 Å². The maximum atomic E-state index is 3.80. The Morgan fingerprint density at radius 2 is 1.00 bits per heavy atom. The van der Waals surface area contributed by atoms with E-state index < -0.39 is 0 Å². The summed E-state index contributed by atoms with van der Waals surface area (Å²) in [6.45, 7) is 5.55. The zero-order valence-corrected chi connectivity index (χ0v) is 17.1. The van der Waals surface area contributed by atoms with Gasteiger partial charge in [-0.25, -0.2) is 9.13 Å². The number of rotatable bonds is 7. The summed E-state index contributed by atoms with van der Waals surface area (Å²) < 4.78 is 4.38. The van der Waals surface area contributed by atoms with Crippen LogP contribution in [0.3, 0.4) is 0 Å². The van der Waals surface area contributed by atoms with E-state index in [9.17, 15) is 0 Å². The highest BCUT2D eigenvalue weighted by Crippen LogP contribution is 2.08. The molecule has 0 saturated heterocycles. The molecule has 2 aromatic heterocycles. The number of aromatic nitrogens is 2. The van der Waals surface area contributed by atoms with Crippen molar-refractivity contribution in [3.05, 3.63) is 138 Å². The van der Waals surface area contributed by atoms with E-state index in [1.807, 2.05) is 12.1 Å². The fourth-order valence-corrected chi connectivity index (χ4v) is 3.33. The van der Waals surface area contributed by atoms with Crippen molar-refractivity contribution in [3.8, 4) is 0 Å². The molecule has 2 aromatic carbocycles. The van der Waals surface area contributed by atoms with Crippen molar-refractivity contribution < 1.29 is 9.13 Å². The number of benzene rings is 2. The van der Waals surface area contributed by atoms with Gasteiger partial charge in [-0.15, -0.1) is 0 Å². The van der Waals surface area contributed by atoms with Gasteiger partial charge in [0.2, 0.25) is 0 Å². The predicted octanol–water partition coefficient (Wildman–Crippen LogP) is 5.17. The van der Waals surface area contributed by atoms with Gasteiger partial charge in [0.1, 0.15) is 0 Å². The molecule has 0 fully saturated rings. The third kappa shape index (κ3) is 5.39. The Morgan fingerprint density at radius 1 is 0.533 bits per heavy atom. The summed E-state index contributed by atoms with van der Waals surface area (Å²) >= 11 is 0. The van der Waals surface area contributed by atoms with Crippen molar-refractivity contribution in [2.75, 3.05) is 0 Å². The Balaban J connectivity index is 1.36. The topological polar surface area (TPSA) is 7.76 Å². The normalized spacial score (nSPS) is 10.9. The van der Waals surface area contributed by atoms with Crippen molar-refractivity contribution >= 4 is 18.2 Å². The van der Waals surface area contributed by atoms with Crippen molar-refractivity contribution in [2.24, 2.45) is 0 Å². The first-order chi connectivity index (χ1) is 14.8. The molecule has 0 aliphatic rings. The number of hydrogen-bond acceptors (Lipinski definition) is 0. The van der Waals surface area contributed by atoms with Gasteiger partial charge in [-0.05, 0) is 16.7 Å². The Bertz CT molecular complexity index is 1110. The summed E-state index contributed by atoms with van der Waals surface area (Å²) in [4.78, 5) is 0. The molecule has 0 spiro atoms. The Labute approximate surface area is 178 Å². The predicted molar refractivity (Wildman–Crippen MR) is 123 cm³/mol. The van der Waals surface area contributed by atoms with Crippen LogP contribution in [0.2, 0.25) is 0 Å². The molecule has 4 rings (SSSR count). The van der Waals surface area contributed by atoms with E-state index in [-0.39, 0.29) is 0 Å². The first-order valence-electron chi connectivity index (χ1n) is 10.2. The third-order valence-electron chi connectivity index (χ3n) is 5.09. The van der Waals surface area contributed by atoms with E-state index in [0.717, 1.165) is 18.7 Å².